The highest BCUT2D eigenvalue weighted by Gasteiger charge is 2.14. The Labute approximate surface area is 141 Å². The molecule has 1 unspecified atom stereocenters. The van der Waals surface area contributed by atoms with Gasteiger partial charge in [0.1, 0.15) is 6.10 Å². The molecule has 2 N–H and O–H groups in total. The Hall–Kier alpha value is -2.05. The normalized spacial score (nSPS) is 12.1. The van der Waals surface area contributed by atoms with Gasteiger partial charge in [-0.25, -0.2) is 4.79 Å². The molecule has 0 saturated carbocycles. The first-order valence-electron chi connectivity index (χ1n) is 8.70. The molecule has 136 valence electrons. The van der Waals surface area contributed by atoms with Crippen LogP contribution in [0, 0.1) is 0 Å². The molecule has 0 aliphatic rings. The molecule has 0 aliphatic carbocycles. The maximum Gasteiger partial charge on any atom is 0.331 e. The van der Waals surface area contributed by atoms with Crippen LogP contribution in [0.2, 0.25) is 0 Å². The van der Waals surface area contributed by atoms with Crippen LogP contribution in [-0.4, -0.2) is 26.7 Å². The van der Waals surface area contributed by atoms with E-state index in [1.165, 1.54) is 19.3 Å². The molecule has 1 aromatic rings. The summed E-state index contributed by atoms with van der Waals surface area (Å²) in [5.41, 5.74) is -1.42. The highest BCUT2D eigenvalue weighted by molar-refractivity contribution is 5.69. The number of esters is 1. The summed E-state index contributed by atoms with van der Waals surface area (Å²) in [5.74, 6) is -0.868. The molecule has 0 radical (unpaired) electrons. The van der Waals surface area contributed by atoms with Gasteiger partial charge in [0.15, 0.2) is 0 Å². The maximum absolute atomic E-state index is 11.9. The number of aromatic nitrogens is 2. The standard InChI is InChI=1S/C17H28N2O5/c1-3-5-6-7-8-9-13(4-2)24-16(22)10-11-19-15(21)12-14(20)18-17(19)23/h12-13,21H,3-11H2,1-2H3,(H,18,20,23). The van der Waals surface area contributed by atoms with Crippen molar-refractivity contribution in [2.45, 2.75) is 77.9 Å². The Bertz CT molecular complexity index is 620. The van der Waals surface area contributed by atoms with Gasteiger partial charge in [-0.3, -0.25) is 19.1 Å². The fourth-order valence-corrected chi connectivity index (χ4v) is 2.49. The average molecular weight is 340 g/mol. The lowest BCUT2D eigenvalue weighted by molar-refractivity contribution is -0.149. The second-order valence-electron chi connectivity index (χ2n) is 5.92. The van der Waals surface area contributed by atoms with Crippen molar-refractivity contribution in [2.75, 3.05) is 0 Å². The van der Waals surface area contributed by atoms with Crippen LogP contribution in [-0.2, 0) is 16.1 Å². The summed E-state index contributed by atoms with van der Waals surface area (Å²) in [4.78, 5) is 36.6. The molecule has 0 aliphatic heterocycles. The first-order valence-corrected chi connectivity index (χ1v) is 8.70. The van der Waals surface area contributed by atoms with E-state index in [1.54, 1.807) is 0 Å². The van der Waals surface area contributed by atoms with E-state index in [9.17, 15) is 19.5 Å². The molecule has 1 atom stereocenters. The number of aromatic hydroxyl groups is 1. The van der Waals surface area contributed by atoms with Crippen molar-refractivity contribution >= 4 is 5.97 Å². The van der Waals surface area contributed by atoms with Crippen molar-refractivity contribution < 1.29 is 14.6 Å². The Morgan fingerprint density at radius 1 is 1.25 bits per heavy atom. The van der Waals surface area contributed by atoms with E-state index in [0.29, 0.717) is 0 Å². The van der Waals surface area contributed by atoms with E-state index in [-0.39, 0.29) is 19.1 Å². The molecule has 1 heterocycles. The molecule has 1 rings (SSSR count). The molecular weight excluding hydrogens is 312 g/mol. The quantitative estimate of drug-likeness (QED) is 0.475. The lowest BCUT2D eigenvalue weighted by Gasteiger charge is -2.16. The summed E-state index contributed by atoms with van der Waals surface area (Å²) in [7, 11) is 0. The van der Waals surface area contributed by atoms with Gasteiger partial charge in [0, 0.05) is 6.54 Å². The van der Waals surface area contributed by atoms with Crippen LogP contribution in [0.3, 0.4) is 0 Å². The van der Waals surface area contributed by atoms with Crippen molar-refractivity contribution in [2.24, 2.45) is 0 Å². The van der Waals surface area contributed by atoms with Crippen LogP contribution in [0.1, 0.15) is 65.2 Å². The number of rotatable bonds is 11. The van der Waals surface area contributed by atoms with Gasteiger partial charge in [-0.2, -0.15) is 0 Å². The summed E-state index contributed by atoms with van der Waals surface area (Å²) in [6.45, 7) is 4.11. The van der Waals surface area contributed by atoms with E-state index in [1.807, 2.05) is 11.9 Å². The Kier molecular flexibility index (Phi) is 8.89. The van der Waals surface area contributed by atoms with Crippen molar-refractivity contribution in [1.29, 1.82) is 0 Å². The van der Waals surface area contributed by atoms with E-state index in [0.717, 1.165) is 36.3 Å². The zero-order valence-corrected chi connectivity index (χ0v) is 14.5. The first-order chi connectivity index (χ1) is 11.5. The molecule has 0 spiro atoms. The minimum atomic E-state index is -0.740. The number of H-pyrrole nitrogens is 1. The van der Waals surface area contributed by atoms with Gasteiger partial charge in [-0.15, -0.1) is 0 Å². The summed E-state index contributed by atoms with van der Waals surface area (Å²) >= 11 is 0. The van der Waals surface area contributed by atoms with Gasteiger partial charge in [-0.05, 0) is 19.3 Å². The predicted molar refractivity (Wildman–Crippen MR) is 91.2 cm³/mol. The topological polar surface area (TPSA) is 101 Å². The number of carbonyl (C=O) groups excluding carboxylic acids is 1. The van der Waals surface area contributed by atoms with Crippen LogP contribution in [0.15, 0.2) is 15.7 Å². The minimum Gasteiger partial charge on any atom is -0.494 e. The highest BCUT2D eigenvalue weighted by atomic mass is 16.5. The first kappa shape index (κ1) is 20.0. The van der Waals surface area contributed by atoms with Gasteiger partial charge in [-0.1, -0.05) is 39.5 Å². The van der Waals surface area contributed by atoms with Gasteiger partial charge in [0.2, 0.25) is 5.88 Å². The average Bonchev–Trinajstić information content (AvgIpc) is 2.52. The molecular formula is C17H28N2O5. The lowest BCUT2D eigenvalue weighted by atomic mass is 10.1. The van der Waals surface area contributed by atoms with E-state index in [4.69, 9.17) is 4.74 Å². The molecule has 0 fully saturated rings. The Balaban J connectivity index is 2.42. The van der Waals surface area contributed by atoms with Crippen molar-refractivity contribution in [3.8, 4) is 5.88 Å². The Morgan fingerprint density at radius 3 is 2.58 bits per heavy atom. The molecule has 7 heteroatoms. The molecule has 24 heavy (non-hydrogen) atoms. The van der Waals surface area contributed by atoms with Crippen molar-refractivity contribution in [3.63, 3.8) is 0 Å². The van der Waals surface area contributed by atoms with Crippen LogP contribution in [0.4, 0.5) is 0 Å². The largest absolute Gasteiger partial charge is 0.494 e. The molecule has 0 amide bonds. The second kappa shape index (κ2) is 10.7. The zero-order chi connectivity index (χ0) is 17.9. The van der Waals surface area contributed by atoms with E-state index >= 15 is 0 Å². The fourth-order valence-electron chi connectivity index (χ4n) is 2.49. The number of nitrogens with zero attached hydrogens (tertiary/aromatic N) is 1. The summed E-state index contributed by atoms with van der Waals surface area (Å²) in [5, 5.41) is 9.59. The molecule has 0 bridgehead atoms. The number of aromatic amines is 1. The van der Waals surface area contributed by atoms with Crippen LogP contribution in [0.5, 0.6) is 5.88 Å². The van der Waals surface area contributed by atoms with Gasteiger partial charge in [0.05, 0.1) is 12.5 Å². The number of hydrogen-bond acceptors (Lipinski definition) is 5. The summed E-state index contributed by atoms with van der Waals surface area (Å²) < 4.78 is 6.36. The summed E-state index contributed by atoms with van der Waals surface area (Å²) in [6.07, 6.45) is 7.26. The minimum absolute atomic E-state index is 0.0345. The lowest BCUT2D eigenvalue weighted by Crippen LogP contribution is -2.30. The number of nitrogens with one attached hydrogen (secondary N) is 1. The monoisotopic (exact) mass is 340 g/mol. The van der Waals surface area contributed by atoms with E-state index in [2.05, 4.69) is 6.92 Å². The Morgan fingerprint density at radius 2 is 1.96 bits per heavy atom. The smallest absolute Gasteiger partial charge is 0.331 e. The van der Waals surface area contributed by atoms with E-state index < -0.39 is 23.1 Å². The number of unbranched alkanes of at least 4 members (excludes halogenated alkanes) is 4. The molecule has 0 aromatic carbocycles. The third-order valence-electron chi connectivity index (χ3n) is 3.93. The molecule has 7 nitrogen and oxygen atoms in total. The van der Waals surface area contributed by atoms with Gasteiger partial charge >= 0.3 is 11.7 Å². The molecule has 0 saturated heterocycles. The number of carbonyl (C=O) groups is 1. The van der Waals surface area contributed by atoms with Crippen molar-refractivity contribution in [1.82, 2.24) is 9.55 Å². The predicted octanol–water partition coefficient (Wildman–Crippen LogP) is 2.31. The molecule has 1 aromatic heterocycles. The van der Waals surface area contributed by atoms with Gasteiger partial charge in [0.25, 0.3) is 5.56 Å². The highest BCUT2D eigenvalue weighted by Crippen LogP contribution is 2.13. The SMILES string of the molecule is CCCCCCCC(CC)OC(=O)CCn1c(O)cc(=O)[nH]c1=O. The third-order valence-corrected chi connectivity index (χ3v) is 3.93. The van der Waals surface area contributed by atoms with Crippen LogP contribution >= 0.6 is 0 Å². The van der Waals surface area contributed by atoms with Crippen molar-refractivity contribution in [3.05, 3.63) is 26.9 Å². The summed E-state index contributed by atoms with van der Waals surface area (Å²) in [6, 6.07) is 0.901. The van der Waals surface area contributed by atoms with Crippen LogP contribution in [0.25, 0.3) is 0 Å². The number of hydrogen-bond donors (Lipinski definition) is 2. The third kappa shape index (κ3) is 7.02. The maximum atomic E-state index is 11.9. The zero-order valence-electron chi connectivity index (χ0n) is 14.5. The second-order valence-corrected chi connectivity index (χ2v) is 5.92. The van der Waals surface area contributed by atoms with Gasteiger partial charge < -0.3 is 9.84 Å². The fraction of sp³-hybridized carbons (Fsp3) is 0.706. The van der Waals surface area contributed by atoms with Crippen LogP contribution < -0.4 is 11.2 Å². The number of ether oxygens (including phenoxy) is 1.